The zero-order chi connectivity index (χ0) is 19.3. The topological polar surface area (TPSA) is 111 Å². The number of carbonyl (C=O) groups excluding carboxylic acids is 1. The second-order valence-corrected chi connectivity index (χ2v) is 9.44. The first kappa shape index (κ1) is 18.6. The Labute approximate surface area is 149 Å². The van der Waals surface area contributed by atoms with Gasteiger partial charge >= 0.3 is 6.43 Å². The van der Waals surface area contributed by atoms with Crippen LogP contribution in [0, 0.1) is 0 Å². The lowest BCUT2D eigenvalue weighted by atomic mass is 9.85. The van der Waals surface area contributed by atoms with Crippen molar-refractivity contribution in [3.63, 3.8) is 0 Å². The first-order chi connectivity index (χ1) is 12.0. The molecule has 2 aliphatic heterocycles. The number of carbonyl (C=O) groups is 1. The normalized spacial score (nSPS) is 26.0. The van der Waals surface area contributed by atoms with Crippen LogP contribution in [0.2, 0.25) is 0 Å². The van der Waals surface area contributed by atoms with Crippen LogP contribution < -0.4 is 15.8 Å². The molecule has 1 aromatic rings. The number of alkyl halides is 2. The van der Waals surface area contributed by atoms with Crippen molar-refractivity contribution in [2.75, 3.05) is 17.7 Å². The van der Waals surface area contributed by atoms with E-state index in [4.69, 9.17) is 10.5 Å². The molecule has 0 aromatic heterocycles. The van der Waals surface area contributed by atoms with Gasteiger partial charge in [0.2, 0.25) is 0 Å². The van der Waals surface area contributed by atoms with Crippen molar-refractivity contribution in [1.82, 2.24) is 0 Å². The summed E-state index contributed by atoms with van der Waals surface area (Å²) in [5.41, 5.74) is 5.31. The Morgan fingerprint density at radius 2 is 2.08 bits per heavy atom. The van der Waals surface area contributed by atoms with Crippen LogP contribution in [0.4, 0.5) is 14.5 Å². The molecule has 1 aromatic carbocycles. The summed E-state index contributed by atoms with van der Waals surface area (Å²) in [5, 5.41) is 2.09. The number of hydrogen-bond acceptors (Lipinski definition) is 6. The molecule has 3 N–H and O–H groups in total. The average molecular weight is 387 g/mol. The number of nitrogens with zero attached hydrogens (tertiary/aromatic N) is 1. The van der Waals surface area contributed by atoms with Gasteiger partial charge in [-0.1, -0.05) is 0 Å². The summed E-state index contributed by atoms with van der Waals surface area (Å²) in [6, 6.07) is 4.32. The Morgan fingerprint density at radius 1 is 1.38 bits per heavy atom. The molecular weight excluding hydrogens is 368 g/mol. The third kappa shape index (κ3) is 2.81. The number of ether oxygens (including phenoxy) is 1. The maximum Gasteiger partial charge on any atom is 0.315 e. The van der Waals surface area contributed by atoms with E-state index in [0.29, 0.717) is 11.3 Å². The molecule has 1 spiro atoms. The second kappa shape index (κ2) is 5.90. The number of fused-ring (bicyclic) bond motifs is 2. The SMILES string of the molecule is CC1(C)C(N)=NC2(CCOc3ccc(NC(=O)C(F)F)cc32)CS1(=O)=O. The molecule has 0 fully saturated rings. The number of aliphatic imine (C=N–C) groups is 1. The van der Waals surface area contributed by atoms with E-state index in [0.717, 1.165) is 0 Å². The van der Waals surface area contributed by atoms with Crippen molar-refractivity contribution in [2.24, 2.45) is 10.7 Å². The summed E-state index contributed by atoms with van der Waals surface area (Å²) in [5.74, 6) is -1.36. The molecule has 0 saturated carbocycles. The van der Waals surface area contributed by atoms with Crippen LogP contribution >= 0.6 is 0 Å². The smallest absolute Gasteiger partial charge is 0.315 e. The molecule has 142 valence electrons. The van der Waals surface area contributed by atoms with E-state index >= 15 is 0 Å². The summed E-state index contributed by atoms with van der Waals surface area (Å²) in [6.45, 7) is 3.23. The summed E-state index contributed by atoms with van der Waals surface area (Å²) in [4.78, 5) is 15.7. The summed E-state index contributed by atoms with van der Waals surface area (Å²) < 4.78 is 54.8. The Balaban J connectivity index is 2.11. The number of nitrogens with two attached hydrogens (primary N) is 1. The van der Waals surface area contributed by atoms with Crippen LogP contribution in [0.15, 0.2) is 23.2 Å². The third-order valence-corrected chi connectivity index (χ3v) is 7.50. The summed E-state index contributed by atoms with van der Waals surface area (Å²) in [6.07, 6.45) is -2.90. The molecule has 2 heterocycles. The lowest BCUT2D eigenvalue weighted by molar-refractivity contribution is -0.126. The molecule has 0 aliphatic carbocycles. The third-order valence-electron chi connectivity index (χ3n) is 4.88. The molecule has 1 amide bonds. The molecule has 0 bridgehead atoms. The molecule has 1 atom stereocenters. The van der Waals surface area contributed by atoms with Gasteiger partial charge in [-0.25, -0.2) is 8.42 Å². The van der Waals surface area contributed by atoms with Gasteiger partial charge < -0.3 is 15.8 Å². The molecule has 10 heteroatoms. The predicted molar refractivity (Wildman–Crippen MR) is 92.4 cm³/mol. The molecule has 1 unspecified atom stereocenters. The highest BCUT2D eigenvalue weighted by Gasteiger charge is 2.52. The highest BCUT2D eigenvalue weighted by Crippen LogP contribution is 2.46. The minimum Gasteiger partial charge on any atom is -0.493 e. The quantitative estimate of drug-likeness (QED) is 0.798. The fourth-order valence-electron chi connectivity index (χ4n) is 3.08. The van der Waals surface area contributed by atoms with Crippen molar-refractivity contribution < 1.29 is 26.7 Å². The van der Waals surface area contributed by atoms with E-state index in [-0.39, 0.29) is 30.3 Å². The van der Waals surface area contributed by atoms with Crippen molar-refractivity contribution in [3.05, 3.63) is 23.8 Å². The van der Waals surface area contributed by atoms with Gasteiger partial charge in [0.25, 0.3) is 5.91 Å². The van der Waals surface area contributed by atoms with Gasteiger partial charge in [-0.2, -0.15) is 8.78 Å². The zero-order valence-corrected chi connectivity index (χ0v) is 15.1. The highest BCUT2D eigenvalue weighted by atomic mass is 32.2. The second-order valence-electron chi connectivity index (χ2n) is 6.90. The van der Waals surface area contributed by atoms with Gasteiger partial charge in [0, 0.05) is 17.7 Å². The Bertz CT molecular complexity index is 899. The van der Waals surface area contributed by atoms with Gasteiger partial charge in [-0.3, -0.25) is 9.79 Å². The monoisotopic (exact) mass is 387 g/mol. The Kier molecular flexibility index (Phi) is 4.21. The minimum absolute atomic E-state index is 0.0152. The Morgan fingerprint density at radius 3 is 2.69 bits per heavy atom. The van der Waals surface area contributed by atoms with Gasteiger partial charge in [0.05, 0.1) is 12.4 Å². The fraction of sp³-hybridized carbons (Fsp3) is 0.500. The number of nitrogens with one attached hydrogen (secondary N) is 1. The van der Waals surface area contributed by atoms with E-state index in [2.05, 4.69) is 10.3 Å². The number of amidine groups is 1. The van der Waals surface area contributed by atoms with Gasteiger partial charge in [-0.05, 0) is 32.0 Å². The fourth-order valence-corrected chi connectivity index (χ4v) is 4.79. The van der Waals surface area contributed by atoms with Crippen molar-refractivity contribution >= 4 is 27.3 Å². The number of hydrogen-bond donors (Lipinski definition) is 2. The van der Waals surface area contributed by atoms with Crippen LogP contribution in [0.1, 0.15) is 25.8 Å². The van der Waals surface area contributed by atoms with E-state index in [1.165, 1.54) is 32.0 Å². The molecule has 3 rings (SSSR count). The van der Waals surface area contributed by atoms with E-state index in [1.54, 1.807) is 0 Å². The van der Waals surface area contributed by atoms with Gasteiger partial charge in [0.15, 0.2) is 9.84 Å². The van der Waals surface area contributed by atoms with Gasteiger partial charge in [-0.15, -0.1) is 0 Å². The Hall–Kier alpha value is -2.23. The largest absolute Gasteiger partial charge is 0.493 e. The number of benzene rings is 1. The van der Waals surface area contributed by atoms with Crippen LogP contribution in [-0.4, -0.2) is 43.7 Å². The number of sulfone groups is 1. The van der Waals surface area contributed by atoms with Crippen molar-refractivity contribution in [2.45, 2.75) is 37.0 Å². The lowest BCUT2D eigenvalue weighted by Crippen LogP contribution is -2.56. The molecule has 0 saturated heterocycles. The molecular formula is C16H19F2N3O4S. The van der Waals surface area contributed by atoms with Gasteiger partial charge in [0.1, 0.15) is 21.9 Å². The molecule has 2 aliphatic rings. The first-order valence-corrected chi connectivity index (χ1v) is 9.58. The van der Waals surface area contributed by atoms with E-state index in [1.807, 2.05) is 0 Å². The minimum atomic E-state index is -3.63. The zero-order valence-electron chi connectivity index (χ0n) is 14.3. The maximum absolute atomic E-state index is 12.8. The van der Waals surface area contributed by atoms with E-state index < -0.39 is 32.5 Å². The molecule has 7 nitrogen and oxygen atoms in total. The summed E-state index contributed by atoms with van der Waals surface area (Å²) in [7, 11) is -3.63. The van der Waals surface area contributed by atoms with E-state index in [9.17, 15) is 22.0 Å². The van der Waals surface area contributed by atoms with Crippen LogP contribution in [0.25, 0.3) is 0 Å². The molecule has 0 radical (unpaired) electrons. The first-order valence-electron chi connectivity index (χ1n) is 7.93. The number of halogens is 2. The van der Waals surface area contributed by atoms with Crippen molar-refractivity contribution in [3.8, 4) is 5.75 Å². The average Bonchev–Trinajstić information content (AvgIpc) is 2.53. The van der Waals surface area contributed by atoms with Crippen molar-refractivity contribution in [1.29, 1.82) is 0 Å². The summed E-state index contributed by atoms with van der Waals surface area (Å²) >= 11 is 0. The van der Waals surface area contributed by atoms with Crippen LogP contribution in [0.3, 0.4) is 0 Å². The highest BCUT2D eigenvalue weighted by molar-refractivity contribution is 7.93. The number of rotatable bonds is 2. The number of amides is 1. The molecule has 26 heavy (non-hydrogen) atoms. The standard InChI is InChI=1S/C16H19F2N3O4S/c1-15(2)14(19)21-16(8-26(15,23)24)5-6-25-11-4-3-9(7-10(11)16)20-13(22)12(17)18/h3-4,7,12H,5-6,8H2,1-2H3,(H2,19,21)(H,20,22). The maximum atomic E-state index is 12.8. The number of anilines is 1. The predicted octanol–water partition coefficient (Wildman–Crippen LogP) is 1.43. The lowest BCUT2D eigenvalue weighted by Gasteiger charge is -2.42. The van der Waals surface area contributed by atoms with Crippen LogP contribution in [-0.2, 0) is 20.2 Å². The van der Waals surface area contributed by atoms with Crippen LogP contribution in [0.5, 0.6) is 5.75 Å².